The lowest BCUT2D eigenvalue weighted by Gasteiger charge is -2.26. The molecule has 1 saturated heterocycles. The molecule has 1 aliphatic carbocycles. The number of carbonyl (C=O) groups excluding carboxylic acids is 2. The highest BCUT2D eigenvalue weighted by molar-refractivity contribution is 5.88. The summed E-state index contributed by atoms with van der Waals surface area (Å²) in [6, 6.07) is 10.8. The van der Waals surface area contributed by atoms with E-state index in [0.717, 1.165) is 25.9 Å². The first-order valence-electron chi connectivity index (χ1n) is 13.5. The first-order chi connectivity index (χ1) is 18.9. The van der Waals surface area contributed by atoms with Crippen LogP contribution in [0.4, 0.5) is 14.6 Å². The lowest BCUT2D eigenvalue weighted by Crippen LogP contribution is -2.48. The van der Waals surface area contributed by atoms with Crippen molar-refractivity contribution in [3.63, 3.8) is 0 Å². The molecule has 2 aliphatic rings. The number of pyridine rings is 1. The number of nitrogens with zero attached hydrogens (tertiary/aromatic N) is 6. The van der Waals surface area contributed by atoms with E-state index in [1.54, 1.807) is 18.3 Å². The van der Waals surface area contributed by atoms with Gasteiger partial charge in [0.1, 0.15) is 18.8 Å². The molecule has 9 nitrogen and oxygen atoms in total. The predicted molar refractivity (Wildman–Crippen MR) is 141 cm³/mol. The molecule has 11 heteroatoms. The molecule has 2 aromatic heterocycles. The number of hydrogen-bond acceptors (Lipinski definition) is 6. The molecule has 5 rings (SSSR count). The summed E-state index contributed by atoms with van der Waals surface area (Å²) < 4.78 is 29.4. The number of amides is 2. The van der Waals surface area contributed by atoms with Crippen molar-refractivity contribution in [1.29, 1.82) is 0 Å². The number of benzene rings is 1. The molecule has 3 aromatic rings. The Hall–Kier alpha value is -3.89. The number of rotatable bonds is 10. The maximum absolute atomic E-state index is 14.8. The molecule has 3 atom stereocenters. The zero-order chi connectivity index (χ0) is 27.5. The first-order valence-corrected chi connectivity index (χ1v) is 13.5. The minimum Gasteiger partial charge on any atom is -0.354 e. The second-order valence-corrected chi connectivity index (χ2v) is 10.0. The summed E-state index contributed by atoms with van der Waals surface area (Å²) in [7, 11) is 0. The van der Waals surface area contributed by atoms with Gasteiger partial charge in [0.2, 0.25) is 17.8 Å². The minimum atomic E-state index is -1.34. The van der Waals surface area contributed by atoms with Gasteiger partial charge in [-0.25, -0.2) is 9.37 Å². The van der Waals surface area contributed by atoms with Gasteiger partial charge in [0.25, 0.3) is 0 Å². The van der Waals surface area contributed by atoms with Crippen molar-refractivity contribution in [2.24, 2.45) is 0 Å². The summed E-state index contributed by atoms with van der Waals surface area (Å²) in [5, 5.41) is 11.4. The zero-order valence-electron chi connectivity index (χ0n) is 22.1. The summed E-state index contributed by atoms with van der Waals surface area (Å²) in [6.45, 7) is 5.07. The molecule has 39 heavy (non-hydrogen) atoms. The molecule has 0 spiro atoms. The Labute approximate surface area is 226 Å². The molecule has 3 heterocycles. The highest BCUT2D eigenvalue weighted by Gasteiger charge is 2.41. The van der Waals surface area contributed by atoms with E-state index < -0.39 is 36.0 Å². The summed E-state index contributed by atoms with van der Waals surface area (Å²) in [6.07, 6.45) is 2.00. The number of anilines is 1. The molecule has 1 N–H and O–H groups in total. The van der Waals surface area contributed by atoms with Crippen molar-refractivity contribution in [3.05, 3.63) is 71.4 Å². The molecule has 2 fully saturated rings. The molecule has 0 unspecified atom stereocenters. The number of hydrogen-bond donors (Lipinski definition) is 1. The predicted octanol–water partition coefficient (Wildman–Crippen LogP) is 3.38. The van der Waals surface area contributed by atoms with E-state index in [-0.39, 0.29) is 25.4 Å². The van der Waals surface area contributed by atoms with Crippen LogP contribution < -0.4 is 10.2 Å². The number of alkyl halides is 1. The molecule has 1 aromatic carbocycles. The molecule has 0 radical (unpaired) electrons. The lowest BCUT2D eigenvalue weighted by molar-refractivity contribution is -0.139. The fourth-order valence-corrected chi connectivity index (χ4v) is 5.11. The quantitative estimate of drug-likeness (QED) is 0.399. The van der Waals surface area contributed by atoms with Gasteiger partial charge in [-0.1, -0.05) is 36.4 Å². The topological polar surface area (TPSA) is 96.2 Å². The number of aromatic nitrogens is 4. The van der Waals surface area contributed by atoms with E-state index in [0.29, 0.717) is 22.6 Å². The van der Waals surface area contributed by atoms with E-state index in [2.05, 4.69) is 20.5 Å². The van der Waals surface area contributed by atoms with Crippen molar-refractivity contribution in [1.82, 2.24) is 30.2 Å². The zero-order valence-corrected chi connectivity index (χ0v) is 22.1. The minimum absolute atomic E-state index is 0.126. The molecule has 0 bridgehead atoms. The van der Waals surface area contributed by atoms with E-state index >= 15 is 0 Å². The third-order valence-corrected chi connectivity index (χ3v) is 7.39. The molecular weight excluding hydrogens is 504 g/mol. The van der Waals surface area contributed by atoms with Crippen LogP contribution in [0.2, 0.25) is 0 Å². The Morgan fingerprint density at radius 3 is 2.54 bits per heavy atom. The monoisotopic (exact) mass is 537 g/mol. The maximum atomic E-state index is 14.8. The van der Waals surface area contributed by atoms with Crippen molar-refractivity contribution >= 4 is 17.6 Å². The third-order valence-electron chi connectivity index (χ3n) is 7.39. The van der Waals surface area contributed by atoms with Gasteiger partial charge in [0, 0.05) is 25.1 Å². The van der Waals surface area contributed by atoms with Crippen LogP contribution in [-0.4, -0.2) is 68.5 Å². The van der Waals surface area contributed by atoms with Gasteiger partial charge in [-0.3, -0.25) is 9.59 Å². The normalized spacial score (nSPS) is 19.6. The Balaban J connectivity index is 1.34. The van der Waals surface area contributed by atoms with Crippen LogP contribution in [0.25, 0.3) is 0 Å². The summed E-state index contributed by atoms with van der Waals surface area (Å²) in [4.78, 5) is 35.4. The molecule has 1 saturated carbocycles. The van der Waals surface area contributed by atoms with E-state index in [1.807, 2.05) is 49.1 Å². The summed E-state index contributed by atoms with van der Waals surface area (Å²) >= 11 is 0. The molecule has 206 valence electrons. The Kier molecular flexibility index (Phi) is 7.85. The molecule has 1 aliphatic heterocycles. The maximum Gasteiger partial charge on any atom is 0.246 e. The first kappa shape index (κ1) is 26.7. The van der Waals surface area contributed by atoms with Crippen LogP contribution in [-0.2, 0) is 16.1 Å². The summed E-state index contributed by atoms with van der Waals surface area (Å²) in [5.74, 6) is -0.676. The average Bonchev–Trinajstić information content (AvgIpc) is 3.55. The molecule has 2 amide bonds. The van der Waals surface area contributed by atoms with E-state index in [1.165, 1.54) is 9.70 Å². The fraction of sp³-hybridized carbons (Fsp3) is 0.464. The van der Waals surface area contributed by atoms with Crippen molar-refractivity contribution in [3.8, 4) is 0 Å². The third kappa shape index (κ3) is 5.91. The second kappa shape index (κ2) is 11.5. The van der Waals surface area contributed by atoms with Gasteiger partial charge in [-0.15, -0.1) is 5.10 Å². The average molecular weight is 538 g/mol. The molecular formula is C28H33F2N7O2. The standard InChI is InChI=1S/C28H33F2N7O2/c1-3-35(4-2)24-15-31-37(34-24)17-25(38)36-16-20(29)14-23(36)28(39)33-26(19-8-6-5-7-9-19)22-13-12-21(18-10-11-18)27(30)32-22/h5-9,12-13,15,18,20,23,26H,3-4,10-11,14,16-17H2,1-2H3,(H,33,39)/t20-,23+,26+/m1/s1. The Bertz CT molecular complexity index is 1310. The largest absolute Gasteiger partial charge is 0.354 e. The van der Waals surface area contributed by atoms with E-state index in [9.17, 15) is 18.4 Å². The fourth-order valence-electron chi connectivity index (χ4n) is 5.11. The van der Waals surface area contributed by atoms with Crippen LogP contribution >= 0.6 is 0 Å². The number of halogens is 2. The van der Waals surface area contributed by atoms with E-state index in [4.69, 9.17) is 0 Å². The van der Waals surface area contributed by atoms with Crippen molar-refractivity contribution in [2.75, 3.05) is 24.5 Å². The van der Waals surface area contributed by atoms with Crippen LogP contribution in [0.1, 0.15) is 61.9 Å². The van der Waals surface area contributed by atoms with Crippen molar-refractivity contribution in [2.45, 2.75) is 63.8 Å². The van der Waals surface area contributed by atoms with Crippen LogP contribution in [0.15, 0.2) is 48.7 Å². The number of nitrogens with one attached hydrogen (secondary N) is 1. The van der Waals surface area contributed by atoms with Crippen LogP contribution in [0, 0.1) is 5.95 Å². The van der Waals surface area contributed by atoms with Gasteiger partial charge in [0.15, 0.2) is 5.82 Å². The van der Waals surface area contributed by atoms with Crippen LogP contribution in [0.3, 0.4) is 0 Å². The number of likely N-dealkylation sites (tertiary alicyclic amines) is 1. The van der Waals surface area contributed by atoms with Gasteiger partial charge in [-0.2, -0.15) is 14.3 Å². The van der Waals surface area contributed by atoms with Gasteiger partial charge in [-0.05, 0) is 44.2 Å². The van der Waals surface area contributed by atoms with Crippen LogP contribution in [0.5, 0.6) is 0 Å². The Morgan fingerprint density at radius 2 is 1.87 bits per heavy atom. The lowest BCUT2D eigenvalue weighted by atomic mass is 10.0. The van der Waals surface area contributed by atoms with Gasteiger partial charge >= 0.3 is 0 Å². The highest BCUT2D eigenvalue weighted by Crippen LogP contribution is 2.41. The van der Waals surface area contributed by atoms with Gasteiger partial charge in [0.05, 0.1) is 24.5 Å². The number of carbonyl (C=O) groups is 2. The SMILES string of the molecule is CCN(CC)c1cnn(CC(=O)N2C[C@H](F)C[C@H]2C(=O)N[C@@H](c2ccccc2)c2ccc(C3CC3)c(F)n2)n1. The Morgan fingerprint density at radius 1 is 1.13 bits per heavy atom. The van der Waals surface area contributed by atoms with Gasteiger partial charge < -0.3 is 15.1 Å². The smallest absolute Gasteiger partial charge is 0.246 e. The highest BCUT2D eigenvalue weighted by atomic mass is 19.1. The second-order valence-electron chi connectivity index (χ2n) is 10.0. The van der Waals surface area contributed by atoms with Crippen molar-refractivity contribution < 1.29 is 18.4 Å². The summed E-state index contributed by atoms with van der Waals surface area (Å²) in [5.41, 5.74) is 1.63.